The maximum Gasteiger partial charge on any atom is 0.255 e. The van der Waals surface area contributed by atoms with Crippen molar-refractivity contribution < 1.29 is 9.59 Å². The van der Waals surface area contributed by atoms with Gasteiger partial charge in [-0.3, -0.25) is 9.59 Å². The summed E-state index contributed by atoms with van der Waals surface area (Å²) in [6.45, 7) is 17.8. The highest BCUT2D eigenvalue weighted by Crippen LogP contribution is 2.33. The van der Waals surface area contributed by atoms with Gasteiger partial charge >= 0.3 is 0 Å². The summed E-state index contributed by atoms with van der Waals surface area (Å²) in [7, 11) is 0. The molecule has 0 atom stereocenters. The van der Waals surface area contributed by atoms with Crippen molar-refractivity contribution in [2.75, 3.05) is 13.1 Å². The summed E-state index contributed by atoms with van der Waals surface area (Å²) in [4.78, 5) is 30.5. The van der Waals surface area contributed by atoms with Crippen molar-refractivity contribution in [1.82, 2.24) is 15.2 Å². The van der Waals surface area contributed by atoms with Crippen molar-refractivity contribution >= 4 is 34.8 Å². The Labute approximate surface area is 208 Å². The summed E-state index contributed by atoms with van der Waals surface area (Å²) in [5.41, 5.74) is 5.90. The van der Waals surface area contributed by atoms with Gasteiger partial charge in [0.05, 0.1) is 11.3 Å². The Kier molecular flexibility index (Phi) is 9.99. The minimum Gasteiger partial charge on any atom is -0.337 e. The molecule has 0 unspecified atom stereocenters. The third-order valence-electron chi connectivity index (χ3n) is 5.63. The van der Waals surface area contributed by atoms with Crippen LogP contribution in [0.4, 0.5) is 0 Å². The molecule has 0 bridgehead atoms. The van der Waals surface area contributed by atoms with Crippen molar-refractivity contribution in [3.05, 3.63) is 76.0 Å². The molecule has 2 amide bonds. The van der Waals surface area contributed by atoms with E-state index in [-0.39, 0.29) is 11.3 Å². The van der Waals surface area contributed by atoms with Crippen LogP contribution in [0.25, 0.3) is 11.1 Å². The van der Waals surface area contributed by atoms with Gasteiger partial charge in [0.1, 0.15) is 5.01 Å². The van der Waals surface area contributed by atoms with Crippen LogP contribution in [0.2, 0.25) is 0 Å². The monoisotopic (exact) mass is 479 g/mol. The van der Waals surface area contributed by atoms with Crippen molar-refractivity contribution in [3.63, 3.8) is 0 Å². The second-order valence-electron chi connectivity index (χ2n) is 9.32. The highest BCUT2D eigenvalue weighted by atomic mass is 32.1. The van der Waals surface area contributed by atoms with Gasteiger partial charge in [-0.1, -0.05) is 63.6 Å². The molecule has 5 nitrogen and oxygen atoms in total. The van der Waals surface area contributed by atoms with Crippen molar-refractivity contribution in [1.29, 1.82) is 0 Å². The average Bonchev–Trinajstić information content (AvgIpc) is 3.27. The van der Waals surface area contributed by atoms with Gasteiger partial charge in [0, 0.05) is 30.2 Å². The first-order valence-electron chi connectivity index (χ1n) is 11.7. The number of aromatic nitrogens is 1. The molecule has 1 N–H and O–H groups in total. The third-order valence-corrected chi connectivity index (χ3v) is 6.61. The Hall–Kier alpha value is -2.99. The van der Waals surface area contributed by atoms with Crippen LogP contribution in [0.5, 0.6) is 0 Å². The van der Waals surface area contributed by atoms with Crippen molar-refractivity contribution in [2.24, 2.45) is 5.41 Å². The number of amides is 2. The fraction of sp³-hybridized carbons (Fsp3) is 0.393. The first-order chi connectivity index (χ1) is 16.2. The number of hydrogen-bond acceptors (Lipinski definition) is 4. The van der Waals surface area contributed by atoms with E-state index in [1.807, 2.05) is 19.9 Å². The summed E-state index contributed by atoms with van der Waals surface area (Å²) in [5, 5.41) is 5.41. The Bertz CT molecular complexity index is 1060. The second kappa shape index (κ2) is 12.5. The molecule has 0 aromatic carbocycles. The number of carbonyl (C=O) groups is 2. The van der Waals surface area contributed by atoms with Crippen LogP contribution in [0.1, 0.15) is 65.1 Å². The Morgan fingerprint density at radius 1 is 1.32 bits per heavy atom. The molecule has 1 aromatic heterocycles. The van der Waals surface area contributed by atoms with E-state index in [1.54, 1.807) is 28.4 Å². The summed E-state index contributed by atoms with van der Waals surface area (Å²) in [6, 6.07) is 0. The van der Waals surface area contributed by atoms with Gasteiger partial charge < -0.3 is 10.2 Å². The quantitative estimate of drug-likeness (QED) is 0.230. The number of rotatable bonds is 11. The fourth-order valence-corrected chi connectivity index (χ4v) is 4.85. The molecule has 0 spiro atoms. The molecule has 6 heteroatoms. The van der Waals surface area contributed by atoms with Crippen LogP contribution in [-0.2, 0) is 9.59 Å². The molecule has 1 aliphatic rings. The van der Waals surface area contributed by atoms with Crippen molar-refractivity contribution in [3.8, 4) is 0 Å². The first kappa shape index (κ1) is 27.3. The number of nitrogens with zero attached hydrogens (tertiary/aromatic N) is 2. The van der Waals surface area contributed by atoms with Crippen LogP contribution in [0.3, 0.4) is 0 Å². The van der Waals surface area contributed by atoms with Gasteiger partial charge in [-0.25, -0.2) is 4.98 Å². The third kappa shape index (κ3) is 7.00. The molecule has 1 fully saturated rings. The van der Waals surface area contributed by atoms with Crippen LogP contribution in [0, 0.1) is 5.41 Å². The molecule has 1 aliphatic heterocycles. The molecule has 0 saturated carbocycles. The largest absolute Gasteiger partial charge is 0.337 e. The molecular formula is C28H37N3O2S. The van der Waals surface area contributed by atoms with E-state index in [0.29, 0.717) is 25.1 Å². The van der Waals surface area contributed by atoms with Gasteiger partial charge in [-0.05, 0) is 49.8 Å². The zero-order valence-corrected chi connectivity index (χ0v) is 22.1. The standard InChI is InChI=1S/C28H37N3O2S/c1-8-11-13-24(20(4)12-9-2)23(10-3)25-16-34-26(30-25)21(5)14-22(15-29-19-32)27(33)31-17-28(6,7)18-31/h8,10-11,13-16,19H,1,9,12,17-18H2,2-7H3,(H,29,32)/b13-11-,21-14+,22-15+,23-10+,24-20-. The van der Waals surface area contributed by atoms with Crippen molar-refractivity contribution in [2.45, 2.75) is 54.4 Å². The SMILES string of the molecule is C=C\C=C/C(=C(\C)CCC)C(=C\C)/c1csc(/C(C)=C/C(=C\NC=O)C(=O)N2CC(C)(C)C2)n1. The lowest BCUT2D eigenvalue weighted by atomic mass is 9.84. The molecule has 1 saturated heterocycles. The smallest absolute Gasteiger partial charge is 0.255 e. The molecule has 0 radical (unpaired) electrons. The Morgan fingerprint density at radius 3 is 2.59 bits per heavy atom. The molecule has 2 heterocycles. The van der Waals surface area contributed by atoms with E-state index in [0.717, 1.165) is 40.3 Å². The minimum absolute atomic E-state index is 0.0890. The molecule has 1 aromatic rings. The molecule has 182 valence electrons. The van der Waals surface area contributed by atoms with Gasteiger partial charge in [-0.2, -0.15) is 0 Å². The summed E-state index contributed by atoms with van der Waals surface area (Å²) in [5.74, 6) is -0.0890. The van der Waals surface area contributed by atoms with E-state index in [9.17, 15) is 9.59 Å². The molecule has 34 heavy (non-hydrogen) atoms. The van der Waals surface area contributed by atoms with Crippen LogP contribution < -0.4 is 5.32 Å². The maximum atomic E-state index is 13.0. The van der Waals surface area contributed by atoms with Gasteiger partial charge in [0.2, 0.25) is 6.41 Å². The summed E-state index contributed by atoms with van der Waals surface area (Å²) < 4.78 is 0. The van der Waals surface area contributed by atoms with Crippen LogP contribution >= 0.6 is 11.3 Å². The lowest BCUT2D eigenvalue weighted by molar-refractivity contribution is -0.136. The average molecular weight is 480 g/mol. The van der Waals surface area contributed by atoms with E-state index in [2.05, 4.69) is 57.1 Å². The lowest BCUT2D eigenvalue weighted by Gasteiger charge is -2.45. The summed E-state index contributed by atoms with van der Waals surface area (Å²) in [6.07, 6.45) is 13.8. The second-order valence-corrected chi connectivity index (χ2v) is 10.2. The Balaban J connectivity index is 2.37. The number of nitrogens with one attached hydrogen (secondary N) is 1. The zero-order chi connectivity index (χ0) is 25.3. The number of carbonyl (C=O) groups excluding carboxylic acids is 2. The molecule has 2 rings (SSSR count). The number of thiazole rings is 1. The maximum absolute atomic E-state index is 13.0. The number of hydrogen-bond donors (Lipinski definition) is 1. The van der Waals surface area contributed by atoms with Gasteiger partial charge in [0.15, 0.2) is 0 Å². The molecular weight excluding hydrogens is 442 g/mol. The number of likely N-dealkylation sites (tertiary alicyclic amines) is 1. The van der Waals surface area contributed by atoms with E-state index >= 15 is 0 Å². The predicted molar refractivity (Wildman–Crippen MR) is 144 cm³/mol. The van der Waals surface area contributed by atoms with Gasteiger partial charge in [0.25, 0.3) is 5.91 Å². The fourth-order valence-electron chi connectivity index (χ4n) is 4.05. The zero-order valence-electron chi connectivity index (χ0n) is 21.3. The normalized spacial score (nSPS) is 17.4. The predicted octanol–water partition coefficient (Wildman–Crippen LogP) is 6.31. The Morgan fingerprint density at radius 2 is 2.03 bits per heavy atom. The highest BCUT2D eigenvalue weighted by Gasteiger charge is 2.37. The van der Waals surface area contributed by atoms with E-state index in [4.69, 9.17) is 4.98 Å². The summed E-state index contributed by atoms with van der Waals surface area (Å²) >= 11 is 1.54. The van der Waals surface area contributed by atoms with E-state index < -0.39 is 0 Å². The minimum atomic E-state index is -0.0890. The number of allylic oxidation sites excluding steroid dienone is 8. The molecule has 0 aliphatic carbocycles. The van der Waals surface area contributed by atoms with E-state index in [1.165, 1.54) is 11.8 Å². The lowest BCUT2D eigenvalue weighted by Crippen LogP contribution is -2.55. The first-order valence-corrected chi connectivity index (χ1v) is 12.5. The van der Waals surface area contributed by atoms with Gasteiger partial charge in [-0.15, -0.1) is 11.3 Å². The van der Waals surface area contributed by atoms with Crippen LogP contribution in [-0.4, -0.2) is 35.3 Å². The highest BCUT2D eigenvalue weighted by molar-refractivity contribution is 7.10. The topological polar surface area (TPSA) is 62.3 Å². The van der Waals surface area contributed by atoms with Crippen LogP contribution in [0.15, 0.2) is 65.3 Å².